The highest BCUT2D eigenvalue weighted by atomic mass is 35.5. The predicted molar refractivity (Wildman–Crippen MR) is 127 cm³/mol. The van der Waals surface area contributed by atoms with Crippen molar-refractivity contribution in [3.63, 3.8) is 0 Å². The molecule has 34 heavy (non-hydrogen) atoms. The summed E-state index contributed by atoms with van der Waals surface area (Å²) in [5.74, 6) is 2.13. The summed E-state index contributed by atoms with van der Waals surface area (Å²) in [5, 5.41) is 3.40. The summed E-state index contributed by atoms with van der Waals surface area (Å²) in [7, 11) is 0. The van der Waals surface area contributed by atoms with E-state index >= 15 is 0 Å². The van der Waals surface area contributed by atoms with E-state index in [1.807, 2.05) is 6.07 Å². The molecule has 3 aliphatic heterocycles. The van der Waals surface area contributed by atoms with E-state index in [9.17, 15) is 9.59 Å². The number of benzene rings is 2. The Kier molecular flexibility index (Phi) is 6.49. The highest BCUT2D eigenvalue weighted by Crippen LogP contribution is 2.38. The number of rotatable bonds is 4. The van der Waals surface area contributed by atoms with Crippen molar-refractivity contribution in [1.82, 2.24) is 4.90 Å². The van der Waals surface area contributed by atoms with E-state index < -0.39 is 0 Å². The minimum Gasteiger partial charge on any atom is -0.489 e. The Morgan fingerprint density at radius 2 is 1.76 bits per heavy atom. The zero-order chi connectivity index (χ0) is 23.5. The first kappa shape index (κ1) is 22.4. The van der Waals surface area contributed by atoms with Crippen LogP contribution in [0.15, 0.2) is 36.4 Å². The van der Waals surface area contributed by atoms with Crippen molar-refractivity contribution in [3.05, 3.63) is 47.0 Å². The fraction of sp³-hybridized carbons (Fsp3) is 0.360. The number of nitrogens with one attached hydrogen (secondary N) is 1. The van der Waals surface area contributed by atoms with Gasteiger partial charge in [0, 0.05) is 43.3 Å². The van der Waals surface area contributed by atoms with Gasteiger partial charge in [-0.2, -0.15) is 0 Å². The Morgan fingerprint density at radius 3 is 2.62 bits per heavy atom. The van der Waals surface area contributed by atoms with Crippen LogP contribution in [0.1, 0.15) is 24.8 Å². The number of fused-ring (bicyclic) bond motifs is 2. The van der Waals surface area contributed by atoms with Crippen LogP contribution in [0.3, 0.4) is 0 Å². The second kappa shape index (κ2) is 9.85. The number of halogens is 1. The Labute approximate surface area is 202 Å². The van der Waals surface area contributed by atoms with Crippen molar-refractivity contribution in [2.45, 2.75) is 19.3 Å². The zero-order valence-electron chi connectivity index (χ0n) is 18.6. The summed E-state index contributed by atoms with van der Waals surface area (Å²) in [4.78, 5) is 27.1. The first-order valence-electron chi connectivity index (χ1n) is 11.3. The Bertz CT molecular complexity index is 1130. The fourth-order valence-electron chi connectivity index (χ4n) is 4.20. The van der Waals surface area contributed by atoms with Crippen LogP contribution in [0.25, 0.3) is 6.08 Å². The first-order valence-corrected chi connectivity index (χ1v) is 11.7. The maximum Gasteiger partial charge on any atom is 0.246 e. The third kappa shape index (κ3) is 4.92. The van der Waals surface area contributed by atoms with Crippen LogP contribution >= 0.6 is 11.6 Å². The highest BCUT2D eigenvalue weighted by Gasteiger charge is 2.27. The monoisotopic (exact) mass is 484 g/mol. The van der Waals surface area contributed by atoms with Crippen molar-refractivity contribution in [3.8, 4) is 23.0 Å². The number of carbonyl (C=O) groups is 2. The van der Waals surface area contributed by atoms with Crippen molar-refractivity contribution in [1.29, 1.82) is 0 Å². The molecule has 2 aromatic carbocycles. The lowest BCUT2D eigenvalue weighted by atomic mass is 9.95. The van der Waals surface area contributed by atoms with Gasteiger partial charge in [0.15, 0.2) is 23.0 Å². The van der Waals surface area contributed by atoms with Gasteiger partial charge in [-0.25, -0.2) is 0 Å². The lowest BCUT2D eigenvalue weighted by Crippen LogP contribution is -2.40. The molecule has 1 fully saturated rings. The molecule has 178 valence electrons. The summed E-state index contributed by atoms with van der Waals surface area (Å²) < 4.78 is 22.0. The molecule has 0 radical (unpaired) electrons. The van der Waals surface area contributed by atoms with Crippen molar-refractivity contribution >= 4 is 35.2 Å². The smallest absolute Gasteiger partial charge is 0.246 e. The number of carbonyl (C=O) groups excluding carboxylic acids is 2. The number of hydrogen-bond acceptors (Lipinski definition) is 6. The minimum atomic E-state index is -0.154. The molecule has 3 aliphatic rings. The number of ether oxygens (including phenoxy) is 4. The van der Waals surface area contributed by atoms with Crippen LogP contribution in [0.5, 0.6) is 23.0 Å². The molecule has 9 heteroatoms. The quantitative estimate of drug-likeness (QED) is 0.657. The number of likely N-dealkylation sites (tertiary alicyclic amines) is 1. The van der Waals surface area contributed by atoms with E-state index in [4.69, 9.17) is 30.5 Å². The van der Waals surface area contributed by atoms with Crippen molar-refractivity contribution in [2.24, 2.45) is 5.92 Å². The molecule has 0 aromatic heterocycles. The molecule has 0 spiro atoms. The molecule has 0 bridgehead atoms. The SMILES string of the molecule is O=C(Nc1ccc2c(c1)OCO2)C1CCN(C(=O)C=Cc2cc(Cl)c3c(c2)OCCCO3)CC1. The predicted octanol–water partition coefficient (Wildman–Crippen LogP) is 4.12. The molecule has 0 aliphatic carbocycles. The number of piperidine rings is 1. The maximum atomic E-state index is 12.7. The molecule has 1 saturated heterocycles. The molecule has 2 amide bonds. The number of nitrogens with zero attached hydrogens (tertiary/aromatic N) is 1. The van der Waals surface area contributed by atoms with Crippen LogP contribution in [-0.2, 0) is 9.59 Å². The Balaban J connectivity index is 1.14. The molecule has 0 atom stereocenters. The molecule has 3 heterocycles. The van der Waals surface area contributed by atoms with Gasteiger partial charge >= 0.3 is 0 Å². The fourth-order valence-corrected chi connectivity index (χ4v) is 4.47. The van der Waals surface area contributed by atoms with Gasteiger partial charge in [0.2, 0.25) is 18.6 Å². The Morgan fingerprint density at radius 1 is 0.971 bits per heavy atom. The van der Waals surface area contributed by atoms with E-state index in [1.54, 1.807) is 35.2 Å². The highest BCUT2D eigenvalue weighted by molar-refractivity contribution is 6.32. The molecule has 0 saturated carbocycles. The summed E-state index contributed by atoms with van der Waals surface area (Å²) in [5.41, 5.74) is 1.44. The van der Waals surface area contributed by atoms with Gasteiger partial charge in [-0.3, -0.25) is 9.59 Å². The number of hydrogen-bond donors (Lipinski definition) is 1. The Hall–Kier alpha value is -3.39. The van der Waals surface area contributed by atoms with Crippen molar-refractivity contribution < 1.29 is 28.5 Å². The molecule has 2 aromatic rings. The van der Waals surface area contributed by atoms with Gasteiger partial charge < -0.3 is 29.2 Å². The van der Waals surface area contributed by atoms with E-state index in [2.05, 4.69) is 5.32 Å². The second-order valence-corrected chi connectivity index (χ2v) is 8.78. The van der Waals surface area contributed by atoms with Gasteiger partial charge in [-0.05, 0) is 48.7 Å². The molecular weight excluding hydrogens is 460 g/mol. The number of amides is 2. The minimum absolute atomic E-state index is 0.0525. The average Bonchev–Trinajstić information content (AvgIpc) is 3.18. The first-order chi connectivity index (χ1) is 16.6. The van der Waals surface area contributed by atoms with E-state index in [0.29, 0.717) is 72.9 Å². The molecular formula is C25H25ClN2O6. The summed E-state index contributed by atoms with van der Waals surface area (Å²) in [6.45, 7) is 2.35. The molecule has 8 nitrogen and oxygen atoms in total. The van der Waals surface area contributed by atoms with Crippen LogP contribution in [-0.4, -0.2) is 49.8 Å². The third-order valence-electron chi connectivity index (χ3n) is 6.06. The van der Waals surface area contributed by atoms with E-state index in [0.717, 1.165) is 12.0 Å². The molecule has 1 N–H and O–H groups in total. The maximum absolute atomic E-state index is 12.7. The average molecular weight is 485 g/mol. The normalized spacial score (nSPS) is 17.5. The van der Waals surface area contributed by atoms with Gasteiger partial charge in [0.05, 0.1) is 18.2 Å². The van der Waals surface area contributed by atoms with Gasteiger partial charge in [0.1, 0.15) is 0 Å². The lowest BCUT2D eigenvalue weighted by Gasteiger charge is -2.30. The largest absolute Gasteiger partial charge is 0.489 e. The van der Waals surface area contributed by atoms with Crippen LogP contribution < -0.4 is 24.3 Å². The molecule has 0 unspecified atom stereocenters. The summed E-state index contributed by atoms with van der Waals surface area (Å²) in [6, 6.07) is 8.91. The van der Waals surface area contributed by atoms with E-state index in [1.165, 1.54) is 6.08 Å². The van der Waals surface area contributed by atoms with Gasteiger partial charge in [-0.15, -0.1) is 0 Å². The standard InChI is InChI=1S/C25H25ClN2O6/c26-19-12-16(13-22-24(19)32-11-1-10-31-22)2-5-23(29)28-8-6-17(7-9-28)25(30)27-18-3-4-20-21(14-18)34-15-33-20/h2-5,12-14,17H,1,6-11,15H2,(H,27,30). The summed E-state index contributed by atoms with van der Waals surface area (Å²) >= 11 is 6.33. The van der Waals surface area contributed by atoms with Crippen LogP contribution in [0.2, 0.25) is 5.02 Å². The summed E-state index contributed by atoms with van der Waals surface area (Å²) in [6.07, 6.45) is 5.25. The lowest BCUT2D eigenvalue weighted by molar-refractivity contribution is -0.130. The van der Waals surface area contributed by atoms with Gasteiger partial charge in [-0.1, -0.05) is 11.6 Å². The van der Waals surface area contributed by atoms with Crippen LogP contribution in [0, 0.1) is 5.92 Å². The van der Waals surface area contributed by atoms with E-state index in [-0.39, 0.29) is 24.5 Å². The van der Waals surface area contributed by atoms with Crippen molar-refractivity contribution in [2.75, 3.05) is 38.4 Å². The second-order valence-electron chi connectivity index (χ2n) is 8.37. The van der Waals surface area contributed by atoms with Gasteiger partial charge in [0.25, 0.3) is 0 Å². The van der Waals surface area contributed by atoms with Crippen LogP contribution in [0.4, 0.5) is 5.69 Å². The topological polar surface area (TPSA) is 86.3 Å². The third-order valence-corrected chi connectivity index (χ3v) is 6.34. The molecule has 5 rings (SSSR count). The number of anilines is 1. The zero-order valence-corrected chi connectivity index (χ0v) is 19.3.